The smallest absolute Gasteiger partial charge is 0.248 e. The average molecular weight is 245 g/mol. The van der Waals surface area contributed by atoms with E-state index in [4.69, 9.17) is 16.6 Å². The Kier molecular flexibility index (Phi) is 6.75. The summed E-state index contributed by atoms with van der Waals surface area (Å²) < 4.78 is 0. The lowest BCUT2D eigenvalue weighted by atomic mass is 9.84. The van der Waals surface area contributed by atoms with Gasteiger partial charge in [-0.05, 0) is 24.8 Å². The van der Waals surface area contributed by atoms with Gasteiger partial charge in [-0.3, -0.25) is 9.59 Å². The van der Waals surface area contributed by atoms with Gasteiger partial charge in [-0.25, -0.2) is 0 Å². The highest BCUT2D eigenvalue weighted by molar-refractivity contribution is 5.80. The highest BCUT2D eigenvalue weighted by Crippen LogP contribution is 2.25. The molecule has 0 fully saturated rings. The van der Waals surface area contributed by atoms with Crippen LogP contribution in [0.4, 0.5) is 0 Å². The maximum Gasteiger partial charge on any atom is 0.248 e. The Morgan fingerprint density at radius 2 is 1.94 bits per heavy atom. The van der Waals surface area contributed by atoms with Gasteiger partial charge in [-0.15, -0.1) is 0 Å². The van der Waals surface area contributed by atoms with Crippen molar-refractivity contribution < 1.29 is 14.7 Å². The zero-order chi connectivity index (χ0) is 13.5. The van der Waals surface area contributed by atoms with E-state index in [0.717, 1.165) is 6.42 Å². The molecule has 0 saturated carbocycles. The van der Waals surface area contributed by atoms with Gasteiger partial charge in [0.1, 0.15) is 6.10 Å². The van der Waals surface area contributed by atoms with E-state index >= 15 is 0 Å². The van der Waals surface area contributed by atoms with Crippen molar-refractivity contribution in [3.05, 3.63) is 0 Å². The second-order valence-electron chi connectivity index (χ2n) is 4.93. The number of hydrogen-bond donors (Lipinski definition) is 4. The fourth-order valence-corrected chi connectivity index (χ4v) is 1.37. The van der Waals surface area contributed by atoms with Gasteiger partial charge >= 0.3 is 0 Å². The van der Waals surface area contributed by atoms with Crippen molar-refractivity contribution in [1.82, 2.24) is 5.32 Å². The molecule has 0 rings (SSSR count). The molecule has 1 unspecified atom stereocenters. The highest BCUT2D eigenvalue weighted by atomic mass is 16.3. The molecule has 0 aliphatic rings. The molecule has 2 amide bonds. The lowest BCUT2D eigenvalue weighted by molar-refractivity contribution is -0.127. The predicted octanol–water partition coefficient (Wildman–Crippen LogP) is -0.896. The van der Waals surface area contributed by atoms with Crippen LogP contribution in [0, 0.1) is 5.41 Å². The zero-order valence-electron chi connectivity index (χ0n) is 10.5. The first-order chi connectivity index (χ1) is 7.78. The first kappa shape index (κ1) is 15.9. The van der Waals surface area contributed by atoms with Crippen LogP contribution in [0.1, 0.15) is 33.1 Å². The van der Waals surface area contributed by atoms with E-state index in [1.54, 1.807) is 0 Å². The first-order valence-electron chi connectivity index (χ1n) is 5.72. The van der Waals surface area contributed by atoms with Gasteiger partial charge in [0, 0.05) is 6.42 Å². The predicted molar refractivity (Wildman–Crippen MR) is 64.9 cm³/mol. The van der Waals surface area contributed by atoms with Crippen molar-refractivity contribution in [2.24, 2.45) is 16.9 Å². The van der Waals surface area contributed by atoms with Gasteiger partial charge in [0.2, 0.25) is 11.8 Å². The Balaban J connectivity index is 3.84. The Bertz CT molecular complexity index is 267. The minimum Gasteiger partial charge on any atom is -0.381 e. The van der Waals surface area contributed by atoms with Gasteiger partial charge in [0.05, 0.1) is 6.54 Å². The van der Waals surface area contributed by atoms with E-state index in [1.165, 1.54) is 0 Å². The number of rotatable bonds is 8. The molecular weight excluding hydrogens is 222 g/mol. The van der Waals surface area contributed by atoms with E-state index in [-0.39, 0.29) is 17.9 Å². The van der Waals surface area contributed by atoms with Crippen molar-refractivity contribution in [2.75, 3.05) is 13.1 Å². The quantitative estimate of drug-likeness (QED) is 0.443. The number of aliphatic hydroxyl groups is 1. The molecule has 1 atom stereocenters. The molecule has 0 saturated heterocycles. The molecule has 0 aromatic heterocycles. The lowest BCUT2D eigenvalue weighted by Gasteiger charge is -2.23. The van der Waals surface area contributed by atoms with Crippen LogP contribution in [0.25, 0.3) is 0 Å². The molecule has 0 spiro atoms. The number of nitrogens with one attached hydrogen (secondary N) is 1. The molecule has 0 aliphatic heterocycles. The second kappa shape index (κ2) is 7.24. The summed E-state index contributed by atoms with van der Waals surface area (Å²) in [4.78, 5) is 21.9. The maximum absolute atomic E-state index is 11.4. The molecule has 0 aromatic carbocycles. The molecule has 6 N–H and O–H groups in total. The van der Waals surface area contributed by atoms with Crippen molar-refractivity contribution in [3.8, 4) is 0 Å². The topological polar surface area (TPSA) is 118 Å². The Labute approximate surface area is 102 Å². The van der Waals surface area contributed by atoms with Gasteiger partial charge in [-0.1, -0.05) is 13.8 Å². The van der Waals surface area contributed by atoms with Crippen LogP contribution in [0.15, 0.2) is 0 Å². The zero-order valence-corrected chi connectivity index (χ0v) is 10.5. The molecule has 17 heavy (non-hydrogen) atoms. The molecule has 6 heteroatoms. The van der Waals surface area contributed by atoms with Crippen molar-refractivity contribution in [2.45, 2.75) is 39.2 Å². The Morgan fingerprint density at radius 1 is 1.35 bits per heavy atom. The normalized spacial score (nSPS) is 13.2. The number of primary amides is 1. The molecule has 6 nitrogen and oxygen atoms in total. The summed E-state index contributed by atoms with van der Waals surface area (Å²) in [6.45, 7) is 4.55. The van der Waals surface area contributed by atoms with Gasteiger partial charge in [0.15, 0.2) is 0 Å². The molecule has 100 valence electrons. The number of carbonyl (C=O) groups is 2. The third-order valence-electron chi connectivity index (χ3n) is 2.67. The van der Waals surface area contributed by atoms with Gasteiger partial charge < -0.3 is 21.9 Å². The van der Waals surface area contributed by atoms with Crippen LogP contribution in [0.3, 0.4) is 0 Å². The SMILES string of the molecule is CC(C)(CCN)CCC(=O)NCC(O)C(N)=O. The second-order valence-corrected chi connectivity index (χ2v) is 4.93. The number of nitrogens with two attached hydrogens (primary N) is 2. The van der Waals surface area contributed by atoms with E-state index in [1.807, 2.05) is 13.8 Å². The van der Waals surface area contributed by atoms with E-state index in [2.05, 4.69) is 5.32 Å². The number of amides is 2. The van der Waals surface area contributed by atoms with Gasteiger partial charge in [-0.2, -0.15) is 0 Å². The van der Waals surface area contributed by atoms with Gasteiger partial charge in [0.25, 0.3) is 0 Å². The van der Waals surface area contributed by atoms with Crippen molar-refractivity contribution in [1.29, 1.82) is 0 Å². The highest BCUT2D eigenvalue weighted by Gasteiger charge is 2.19. The Hall–Kier alpha value is -1.14. The maximum atomic E-state index is 11.4. The minimum atomic E-state index is -1.32. The number of hydrogen-bond acceptors (Lipinski definition) is 4. The summed E-state index contributed by atoms with van der Waals surface area (Å²) in [7, 11) is 0. The summed E-state index contributed by atoms with van der Waals surface area (Å²) >= 11 is 0. The third kappa shape index (κ3) is 7.70. The largest absolute Gasteiger partial charge is 0.381 e. The standard InChI is InChI=1S/C11H23N3O3/c1-11(2,5-6-12)4-3-9(16)14-7-8(15)10(13)17/h8,15H,3-7,12H2,1-2H3,(H2,13,17)(H,14,16). The van der Waals surface area contributed by atoms with E-state index in [9.17, 15) is 9.59 Å². The van der Waals surface area contributed by atoms with Crippen LogP contribution in [-0.2, 0) is 9.59 Å². The third-order valence-corrected chi connectivity index (χ3v) is 2.67. The Morgan fingerprint density at radius 3 is 2.41 bits per heavy atom. The molecule has 0 aliphatic carbocycles. The number of aliphatic hydroxyl groups excluding tert-OH is 1. The molecule has 0 aromatic rings. The first-order valence-corrected chi connectivity index (χ1v) is 5.72. The summed E-state index contributed by atoms with van der Waals surface area (Å²) in [5, 5.41) is 11.5. The fraction of sp³-hybridized carbons (Fsp3) is 0.818. The van der Waals surface area contributed by atoms with Crippen LogP contribution >= 0.6 is 0 Å². The fourth-order valence-electron chi connectivity index (χ4n) is 1.37. The monoisotopic (exact) mass is 245 g/mol. The van der Waals surface area contributed by atoms with E-state index in [0.29, 0.717) is 19.4 Å². The number of carbonyl (C=O) groups excluding carboxylic acids is 2. The van der Waals surface area contributed by atoms with Crippen LogP contribution < -0.4 is 16.8 Å². The molecule has 0 heterocycles. The summed E-state index contributed by atoms with van der Waals surface area (Å²) in [5.74, 6) is -1.04. The molecular formula is C11H23N3O3. The minimum absolute atomic E-state index is 0.0222. The van der Waals surface area contributed by atoms with Crippen molar-refractivity contribution in [3.63, 3.8) is 0 Å². The molecule has 0 bridgehead atoms. The van der Waals surface area contributed by atoms with Crippen LogP contribution in [0.2, 0.25) is 0 Å². The summed E-state index contributed by atoms with van der Waals surface area (Å²) in [6, 6.07) is 0. The summed E-state index contributed by atoms with van der Waals surface area (Å²) in [5.41, 5.74) is 10.3. The van der Waals surface area contributed by atoms with Crippen LogP contribution in [-0.4, -0.2) is 36.1 Å². The van der Waals surface area contributed by atoms with Crippen LogP contribution in [0.5, 0.6) is 0 Å². The lowest BCUT2D eigenvalue weighted by Crippen LogP contribution is -2.40. The summed E-state index contributed by atoms with van der Waals surface area (Å²) in [6.07, 6.45) is 0.585. The van der Waals surface area contributed by atoms with E-state index < -0.39 is 12.0 Å². The average Bonchev–Trinajstić information content (AvgIpc) is 2.22. The van der Waals surface area contributed by atoms with Crippen molar-refractivity contribution >= 4 is 11.8 Å². The molecule has 0 radical (unpaired) electrons.